The van der Waals surface area contributed by atoms with Crippen LogP contribution in [-0.2, 0) is 12.6 Å². The van der Waals surface area contributed by atoms with E-state index in [9.17, 15) is 13.2 Å². The molecule has 0 bridgehead atoms. The van der Waals surface area contributed by atoms with Crippen LogP contribution in [0.25, 0.3) is 0 Å². The highest BCUT2D eigenvalue weighted by Gasteiger charge is 2.30. The van der Waals surface area contributed by atoms with Gasteiger partial charge in [0.1, 0.15) is 5.75 Å². The second kappa shape index (κ2) is 6.62. The van der Waals surface area contributed by atoms with E-state index in [4.69, 9.17) is 4.74 Å². The fourth-order valence-corrected chi connectivity index (χ4v) is 2.66. The van der Waals surface area contributed by atoms with Gasteiger partial charge in [-0.2, -0.15) is 18.3 Å². The summed E-state index contributed by atoms with van der Waals surface area (Å²) in [6.07, 6.45) is -2.71. The molecule has 0 aliphatic carbocycles. The molecule has 1 saturated heterocycles. The summed E-state index contributed by atoms with van der Waals surface area (Å²) < 4.78 is 43.3. The summed E-state index contributed by atoms with van der Waals surface area (Å²) in [5.74, 6) is 0.656. The lowest BCUT2D eigenvalue weighted by molar-refractivity contribution is -0.137. The Morgan fingerprint density at radius 3 is 2.87 bits per heavy atom. The van der Waals surface area contributed by atoms with Gasteiger partial charge in [0.25, 0.3) is 0 Å². The van der Waals surface area contributed by atoms with E-state index >= 15 is 0 Å². The van der Waals surface area contributed by atoms with Crippen molar-refractivity contribution >= 4 is 0 Å². The largest absolute Gasteiger partial charge is 0.493 e. The van der Waals surface area contributed by atoms with Crippen molar-refractivity contribution in [3.8, 4) is 5.75 Å². The third-order valence-electron chi connectivity index (χ3n) is 3.93. The van der Waals surface area contributed by atoms with Crippen LogP contribution in [0.3, 0.4) is 0 Å². The minimum Gasteiger partial charge on any atom is -0.493 e. The topological polar surface area (TPSA) is 49.9 Å². The van der Waals surface area contributed by atoms with Crippen LogP contribution >= 0.6 is 0 Å². The molecular weight excluding hydrogens is 307 g/mol. The van der Waals surface area contributed by atoms with Crippen molar-refractivity contribution in [1.82, 2.24) is 15.5 Å². The number of rotatable bonds is 5. The molecular formula is C16H18F3N3O. The van der Waals surface area contributed by atoms with Gasteiger partial charge in [-0.05, 0) is 37.2 Å². The first kappa shape index (κ1) is 15.9. The predicted octanol–water partition coefficient (Wildman–Crippen LogP) is 3.13. The molecule has 1 aromatic heterocycles. The first-order chi connectivity index (χ1) is 11.0. The number of aromatic amines is 1. The zero-order valence-electron chi connectivity index (χ0n) is 12.5. The molecule has 0 unspecified atom stereocenters. The van der Waals surface area contributed by atoms with Crippen LogP contribution in [0.5, 0.6) is 5.75 Å². The summed E-state index contributed by atoms with van der Waals surface area (Å²) in [4.78, 5) is 0. The van der Waals surface area contributed by atoms with Gasteiger partial charge in [0.15, 0.2) is 0 Å². The number of ether oxygens (including phenoxy) is 1. The Labute approximate surface area is 132 Å². The first-order valence-corrected chi connectivity index (χ1v) is 7.57. The van der Waals surface area contributed by atoms with Gasteiger partial charge in [-0.3, -0.25) is 5.10 Å². The summed E-state index contributed by atoms with van der Waals surface area (Å²) in [5, 5.41) is 10.6. The highest BCUT2D eigenvalue weighted by molar-refractivity contribution is 5.30. The second-order valence-electron chi connectivity index (χ2n) is 5.63. The fraction of sp³-hybridized carbons (Fsp3) is 0.438. The zero-order valence-corrected chi connectivity index (χ0v) is 12.5. The SMILES string of the molecule is FC(F)(F)c1cccc(OCCc2cc([C@@H]3CCNC3)n[nH]2)c1. The van der Waals surface area contributed by atoms with Crippen LogP contribution in [0.2, 0.25) is 0 Å². The number of nitrogens with zero attached hydrogens (tertiary/aromatic N) is 1. The minimum atomic E-state index is -4.35. The van der Waals surface area contributed by atoms with Crippen LogP contribution in [0, 0.1) is 0 Å². The molecule has 1 fully saturated rings. The standard InChI is InChI=1S/C16H18F3N3O/c17-16(18,19)12-2-1-3-14(8-12)23-7-5-13-9-15(22-21-13)11-4-6-20-10-11/h1-3,8-9,11,20H,4-7,10H2,(H,21,22)/t11-/m1/s1. The Hall–Kier alpha value is -2.02. The summed E-state index contributed by atoms with van der Waals surface area (Å²) in [5.41, 5.74) is 1.26. The summed E-state index contributed by atoms with van der Waals surface area (Å²) in [6.45, 7) is 2.24. The van der Waals surface area contributed by atoms with E-state index in [1.54, 1.807) is 0 Å². The minimum absolute atomic E-state index is 0.222. The molecule has 1 aliphatic rings. The molecule has 2 heterocycles. The smallest absolute Gasteiger partial charge is 0.416 e. The number of halogens is 3. The van der Waals surface area contributed by atoms with Crippen LogP contribution < -0.4 is 10.1 Å². The summed E-state index contributed by atoms with van der Waals surface area (Å²) in [7, 11) is 0. The lowest BCUT2D eigenvalue weighted by Gasteiger charge is -2.09. The normalized spacial score (nSPS) is 18.3. The molecule has 4 nitrogen and oxygen atoms in total. The number of aromatic nitrogens is 2. The molecule has 2 N–H and O–H groups in total. The van der Waals surface area contributed by atoms with Crippen molar-refractivity contribution in [2.45, 2.75) is 24.9 Å². The molecule has 1 atom stereocenters. The molecule has 0 spiro atoms. The average Bonchev–Trinajstić information content (AvgIpc) is 3.18. The van der Waals surface area contributed by atoms with Gasteiger partial charge in [0.2, 0.25) is 0 Å². The van der Waals surface area contributed by atoms with Crippen LogP contribution in [0.4, 0.5) is 13.2 Å². The quantitative estimate of drug-likeness (QED) is 0.888. The van der Waals surface area contributed by atoms with Crippen LogP contribution in [0.1, 0.15) is 29.3 Å². The first-order valence-electron chi connectivity index (χ1n) is 7.57. The maximum Gasteiger partial charge on any atom is 0.416 e. The monoisotopic (exact) mass is 325 g/mol. The van der Waals surface area contributed by atoms with Gasteiger partial charge >= 0.3 is 6.18 Å². The number of benzene rings is 1. The van der Waals surface area contributed by atoms with Crippen LogP contribution in [0.15, 0.2) is 30.3 Å². The fourth-order valence-electron chi connectivity index (χ4n) is 2.66. The van der Waals surface area contributed by atoms with E-state index in [-0.39, 0.29) is 5.75 Å². The molecule has 1 aromatic carbocycles. The number of hydrogen-bond donors (Lipinski definition) is 2. The van der Waals surface area contributed by atoms with Crippen molar-refractivity contribution in [2.75, 3.05) is 19.7 Å². The van der Waals surface area contributed by atoms with Crippen molar-refractivity contribution in [3.05, 3.63) is 47.3 Å². The molecule has 2 aromatic rings. The van der Waals surface area contributed by atoms with Gasteiger partial charge < -0.3 is 10.1 Å². The Kier molecular flexibility index (Phi) is 4.56. The van der Waals surface area contributed by atoms with Crippen molar-refractivity contribution < 1.29 is 17.9 Å². The highest BCUT2D eigenvalue weighted by Crippen LogP contribution is 2.31. The molecule has 1 aliphatic heterocycles. The summed E-state index contributed by atoms with van der Waals surface area (Å²) in [6, 6.07) is 6.93. The third-order valence-corrected chi connectivity index (χ3v) is 3.93. The van der Waals surface area contributed by atoms with E-state index < -0.39 is 11.7 Å². The van der Waals surface area contributed by atoms with Crippen LogP contribution in [-0.4, -0.2) is 29.9 Å². The molecule has 0 amide bonds. The Bertz CT molecular complexity index is 648. The molecule has 7 heteroatoms. The second-order valence-corrected chi connectivity index (χ2v) is 5.63. The number of H-pyrrole nitrogens is 1. The molecule has 124 valence electrons. The van der Waals surface area contributed by atoms with Gasteiger partial charge in [-0.1, -0.05) is 6.07 Å². The Morgan fingerprint density at radius 1 is 1.26 bits per heavy atom. The van der Waals surface area contributed by atoms with Gasteiger partial charge in [0, 0.05) is 24.6 Å². The molecule has 0 saturated carbocycles. The van der Waals surface area contributed by atoms with Gasteiger partial charge in [-0.15, -0.1) is 0 Å². The lowest BCUT2D eigenvalue weighted by Crippen LogP contribution is -2.08. The van der Waals surface area contributed by atoms with Crippen molar-refractivity contribution in [3.63, 3.8) is 0 Å². The summed E-state index contributed by atoms with van der Waals surface area (Å²) >= 11 is 0. The number of alkyl halides is 3. The van der Waals surface area contributed by atoms with E-state index in [1.165, 1.54) is 12.1 Å². The lowest BCUT2D eigenvalue weighted by atomic mass is 10.0. The Balaban J connectivity index is 1.53. The molecule has 23 heavy (non-hydrogen) atoms. The van der Waals surface area contributed by atoms with Crippen molar-refractivity contribution in [2.24, 2.45) is 0 Å². The maximum absolute atomic E-state index is 12.6. The zero-order chi connectivity index (χ0) is 16.3. The molecule has 3 rings (SSSR count). The maximum atomic E-state index is 12.6. The van der Waals surface area contributed by atoms with Crippen molar-refractivity contribution in [1.29, 1.82) is 0 Å². The average molecular weight is 325 g/mol. The Morgan fingerprint density at radius 2 is 2.13 bits per heavy atom. The third kappa shape index (κ3) is 4.04. The number of nitrogens with one attached hydrogen (secondary N) is 2. The van der Waals surface area contributed by atoms with Gasteiger partial charge in [0.05, 0.1) is 17.9 Å². The molecule has 0 radical (unpaired) electrons. The predicted molar refractivity (Wildman–Crippen MR) is 79.5 cm³/mol. The van der Waals surface area contributed by atoms with E-state index in [1.807, 2.05) is 6.07 Å². The van der Waals surface area contributed by atoms with E-state index in [0.29, 0.717) is 18.9 Å². The van der Waals surface area contributed by atoms with E-state index in [2.05, 4.69) is 15.5 Å². The highest BCUT2D eigenvalue weighted by atomic mass is 19.4. The van der Waals surface area contributed by atoms with Gasteiger partial charge in [-0.25, -0.2) is 0 Å². The number of hydrogen-bond acceptors (Lipinski definition) is 3. The van der Waals surface area contributed by atoms with E-state index in [0.717, 1.165) is 43.0 Å².